The Morgan fingerprint density at radius 1 is 1.58 bits per heavy atom. The summed E-state index contributed by atoms with van der Waals surface area (Å²) in [6.45, 7) is 4.32. The summed E-state index contributed by atoms with van der Waals surface area (Å²) in [5.74, 6) is 0.551. The largest absolute Gasteiger partial charge is 0.500 e. The quantitative estimate of drug-likeness (QED) is 0.834. The van der Waals surface area contributed by atoms with Crippen molar-refractivity contribution in [1.82, 2.24) is 9.88 Å². The number of nitrogens with zero attached hydrogens (tertiary/aromatic N) is 2. The first kappa shape index (κ1) is 12.7. The Kier molecular flexibility index (Phi) is 3.55. The number of thiazole rings is 1. The molecule has 0 aromatic carbocycles. The molecule has 2 aliphatic heterocycles. The molecule has 0 bridgehead atoms. The second-order valence-corrected chi connectivity index (χ2v) is 6.07. The lowest BCUT2D eigenvalue weighted by Gasteiger charge is -2.32. The number of piperidine rings is 1. The van der Waals surface area contributed by atoms with Crippen LogP contribution in [0.3, 0.4) is 0 Å². The zero-order chi connectivity index (χ0) is 13.2. The van der Waals surface area contributed by atoms with Crippen LogP contribution in [-0.4, -0.2) is 35.5 Å². The molecule has 0 radical (unpaired) electrons. The van der Waals surface area contributed by atoms with Crippen molar-refractivity contribution in [1.29, 1.82) is 0 Å². The van der Waals surface area contributed by atoms with Gasteiger partial charge in [0.1, 0.15) is 0 Å². The first-order valence-corrected chi connectivity index (χ1v) is 7.64. The molecule has 3 rings (SSSR count). The molecule has 1 fully saturated rings. The summed E-state index contributed by atoms with van der Waals surface area (Å²) in [4.78, 5) is 18.9. The van der Waals surface area contributed by atoms with Gasteiger partial charge in [-0.2, -0.15) is 0 Å². The Balaban J connectivity index is 1.69. The molecule has 4 nitrogen and oxygen atoms in total. The monoisotopic (exact) mass is 278 g/mol. The van der Waals surface area contributed by atoms with E-state index in [1.165, 1.54) is 5.01 Å². The SMILES string of the molecule is Cc1csc(C2CCCN(C(=O)C3=COCC3)C2)n1. The Labute approximate surface area is 117 Å². The molecule has 1 aromatic heterocycles. The topological polar surface area (TPSA) is 42.4 Å². The van der Waals surface area contributed by atoms with Crippen LogP contribution >= 0.6 is 11.3 Å². The number of carbonyl (C=O) groups excluding carboxylic acids is 1. The van der Waals surface area contributed by atoms with Gasteiger partial charge in [0.2, 0.25) is 0 Å². The lowest BCUT2D eigenvalue weighted by Crippen LogP contribution is -2.39. The van der Waals surface area contributed by atoms with Crippen LogP contribution in [0.15, 0.2) is 17.2 Å². The summed E-state index contributed by atoms with van der Waals surface area (Å²) in [7, 11) is 0. The van der Waals surface area contributed by atoms with Crippen LogP contribution in [0.4, 0.5) is 0 Å². The Morgan fingerprint density at radius 3 is 3.16 bits per heavy atom. The van der Waals surface area contributed by atoms with Gasteiger partial charge in [0.05, 0.1) is 23.4 Å². The van der Waals surface area contributed by atoms with Crippen LogP contribution in [0.25, 0.3) is 0 Å². The predicted molar refractivity (Wildman–Crippen MR) is 74.1 cm³/mol. The van der Waals surface area contributed by atoms with E-state index >= 15 is 0 Å². The van der Waals surface area contributed by atoms with Gasteiger partial charge in [-0.3, -0.25) is 4.79 Å². The van der Waals surface area contributed by atoms with Crippen molar-refractivity contribution >= 4 is 17.2 Å². The average molecular weight is 278 g/mol. The van der Waals surface area contributed by atoms with E-state index in [2.05, 4.69) is 10.4 Å². The van der Waals surface area contributed by atoms with Gasteiger partial charge in [-0.1, -0.05) is 0 Å². The van der Waals surface area contributed by atoms with E-state index in [1.54, 1.807) is 17.6 Å². The zero-order valence-corrected chi connectivity index (χ0v) is 11.9. The van der Waals surface area contributed by atoms with Crippen molar-refractivity contribution in [3.05, 3.63) is 27.9 Å². The van der Waals surface area contributed by atoms with E-state index in [0.717, 1.165) is 43.6 Å². The van der Waals surface area contributed by atoms with Crippen molar-refractivity contribution in [3.63, 3.8) is 0 Å². The third-order valence-electron chi connectivity index (χ3n) is 3.68. The highest BCUT2D eigenvalue weighted by Crippen LogP contribution is 2.30. The maximum Gasteiger partial charge on any atom is 0.253 e. The summed E-state index contributed by atoms with van der Waals surface area (Å²) in [6.07, 6.45) is 4.56. The van der Waals surface area contributed by atoms with E-state index in [4.69, 9.17) is 4.74 Å². The van der Waals surface area contributed by atoms with Crippen molar-refractivity contribution in [2.24, 2.45) is 0 Å². The molecule has 0 saturated carbocycles. The molecule has 3 heterocycles. The first-order valence-electron chi connectivity index (χ1n) is 6.76. The summed E-state index contributed by atoms with van der Waals surface area (Å²) < 4.78 is 5.16. The molecule has 1 saturated heterocycles. The smallest absolute Gasteiger partial charge is 0.253 e. The van der Waals surface area contributed by atoms with Gasteiger partial charge in [0, 0.05) is 36.5 Å². The lowest BCUT2D eigenvalue weighted by molar-refractivity contribution is -0.128. The highest BCUT2D eigenvalue weighted by molar-refractivity contribution is 7.09. The van der Waals surface area contributed by atoms with Crippen molar-refractivity contribution < 1.29 is 9.53 Å². The molecule has 5 heteroatoms. The van der Waals surface area contributed by atoms with Gasteiger partial charge < -0.3 is 9.64 Å². The molecule has 1 atom stereocenters. The number of rotatable bonds is 2. The normalized spacial score (nSPS) is 23.1. The second kappa shape index (κ2) is 5.33. The lowest BCUT2D eigenvalue weighted by atomic mass is 9.98. The van der Waals surface area contributed by atoms with Crippen LogP contribution in [0.5, 0.6) is 0 Å². The first-order chi connectivity index (χ1) is 9.24. The second-order valence-electron chi connectivity index (χ2n) is 5.18. The number of ether oxygens (including phenoxy) is 1. The van der Waals surface area contributed by atoms with Gasteiger partial charge in [-0.15, -0.1) is 11.3 Å². The standard InChI is InChI=1S/C14H18N2O2S/c1-10-9-19-13(15-10)11-3-2-5-16(7-11)14(17)12-4-6-18-8-12/h8-9,11H,2-7H2,1H3. The molecule has 0 N–H and O–H groups in total. The Morgan fingerprint density at radius 2 is 2.47 bits per heavy atom. The van der Waals surface area contributed by atoms with E-state index in [0.29, 0.717) is 12.5 Å². The molecule has 1 aromatic rings. The van der Waals surface area contributed by atoms with Crippen LogP contribution < -0.4 is 0 Å². The number of aryl methyl sites for hydroxylation is 1. The number of aromatic nitrogens is 1. The fraction of sp³-hybridized carbons (Fsp3) is 0.571. The summed E-state index contributed by atoms with van der Waals surface area (Å²) in [5, 5.41) is 3.26. The molecule has 0 spiro atoms. The maximum absolute atomic E-state index is 12.3. The molecule has 0 aliphatic carbocycles. The number of hydrogen-bond acceptors (Lipinski definition) is 4. The Hall–Kier alpha value is -1.36. The minimum absolute atomic E-state index is 0.149. The molecule has 102 valence electrons. The van der Waals surface area contributed by atoms with Crippen molar-refractivity contribution in [2.45, 2.75) is 32.1 Å². The van der Waals surface area contributed by atoms with Crippen LogP contribution in [0, 0.1) is 6.92 Å². The van der Waals surface area contributed by atoms with E-state index in [-0.39, 0.29) is 5.91 Å². The number of likely N-dealkylation sites (tertiary alicyclic amines) is 1. The minimum atomic E-state index is 0.149. The van der Waals surface area contributed by atoms with Gasteiger partial charge in [-0.25, -0.2) is 4.98 Å². The van der Waals surface area contributed by atoms with Crippen LogP contribution in [0.2, 0.25) is 0 Å². The summed E-state index contributed by atoms with van der Waals surface area (Å²) in [6, 6.07) is 0. The van der Waals surface area contributed by atoms with Crippen molar-refractivity contribution in [2.75, 3.05) is 19.7 Å². The average Bonchev–Trinajstić information content (AvgIpc) is 3.09. The fourth-order valence-electron chi connectivity index (χ4n) is 2.67. The van der Waals surface area contributed by atoms with Crippen molar-refractivity contribution in [3.8, 4) is 0 Å². The van der Waals surface area contributed by atoms with E-state index in [9.17, 15) is 4.79 Å². The fourth-order valence-corrected chi connectivity index (χ4v) is 3.60. The van der Waals surface area contributed by atoms with Crippen LogP contribution in [-0.2, 0) is 9.53 Å². The molecule has 19 heavy (non-hydrogen) atoms. The number of hydrogen-bond donors (Lipinski definition) is 0. The van der Waals surface area contributed by atoms with Gasteiger partial charge in [0.15, 0.2) is 0 Å². The summed E-state index contributed by atoms with van der Waals surface area (Å²) >= 11 is 1.71. The highest BCUT2D eigenvalue weighted by atomic mass is 32.1. The summed E-state index contributed by atoms with van der Waals surface area (Å²) in [5.41, 5.74) is 1.89. The molecule has 1 unspecified atom stereocenters. The van der Waals surface area contributed by atoms with Gasteiger partial charge in [0.25, 0.3) is 5.91 Å². The number of carbonyl (C=O) groups is 1. The van der Waals surface area contributed by atoms with Gasteiger partial charge >= 0.3 is 0 Å². The number of amides is 1. The zero-order valence-electron chi connectivity index (χ0n) is 11.1. The third-order valence-corrected chi connectivity index (χ3v) is 4.81. The maximum atomic E-state index is 12.3. The van der Waals surface area contributed by atoms with Gasteiger partial charge in [-0.05, 0) is 19.8 Å². The Bertz CT molecular complexity index is 509. The minimum Gasteiger partial charge on any atom is -0.500 e. The third kappa shape index (κ3) is 2.66. The molecule has 2 aliphatic rings. The predicted octanol–water partition coefficient (Wildman–Crippen LogP) is 2.46. The molecular weight excluding hydrogens is 260 g/mol. The van der Waals surface area contributed by atoms with E-state index in [1.807, 2.05) is 11.8 Å². The molecule has 1 amide bonds. The highest BCUT2D eigenvalue weighted by Gasteiger charge is 2.28. The van der Waals surface area contributed by atoms with Crippen LogP contribution in [0.1, 0.15) is 35.9 Å². The molecular formula is C14H18N2O2S. The van der Waals surface area contributed by atoms with E-state index < -0.39 is 0 Å².